The van der Waals surface area contributed by atoms with Crippen LogP contribution in [0.3, 0.4) is 0 Å². The zero-order valence-electron chi connectivity index (χ0n) is 17.0. The molecule has 1 aromatic carbocycles. The second-order valence-electron chi connectivity index (χ2n) is 7.60. The average Bonchev–Trinajstić information content (AvgIpc) is 2.78. The molecule has 0 amide bonds. The highest BCUT2D eigenvalue weighted by atomic mass is 32.2. The minimum atomic E-state index is -0.990. The Balaban J connectivity index is 1.49. The summed E-state index contributed by atoms with van der Waals surface area (Å²) in [7, 11) is 0.808. The summed E-state index contributed by atoms with van der Waals surface area (Å²) in [5, 5.41) is 6.88. The average molecular weight is 407 g/mol. The number of aliphatic imine (C=N–C) groups is 1. The van der Waals surface area contributed by atoms with Crippen molar-refractivity contribution in [3.63, 3.8) is 0 Å². The summed E-state index contributed by atoms with van der Waals surface area (Å²) in [5.74, 6) is 1.36. The molecule has 1 heterocycles. The van der Waals surface area contributed by atoms with Gasteiger partial charge in [-0.15, -0.1) is 0 Å². The lowest BCUT2D eigenvalue weighted by Crippen LogP contribution is -2.60. The first-order chi connectivity index (χ1) is 13.7. The van der Waals surface area contributed by atoms with E-state index >= 15 is 0 Å². The Bertz CT molecular complexity index is 641. The molecule has 1 aliphatic heterocycles. The van der Waals surface area contributed by atoms with Gasteiger partial charge in [0.15, 0.2) is 5.96 Å². The molecule has 1 aliphatic carbocycles. The molecule has 0 aromatic heterocycles. The van der Waals surface area contributed by atoms with Crippen molar-refractivity contribution >= 4 is 16.8 Å². The quantitative estimate of drug-likeness (QED) is 0.536. The van der Waals surface area contributed by atoms with Gasteiger partial charge in [0.2, 0.25) is 0 Å². The summed E-state index contributed by atoms with van der Waals surface area (Å²) in [5.41, 5.74) is 0.201. The van der Waals surface area contributed by atoms with Crippen LogP contribution in [0.4, 0.5) is 0 Å². The third kappa shape index (κ3) is 5.78. The first-order valence-corrected chi connectivity index (χ1v) is 11.8. The van der Waals surface area contributed by atoms with Gasteiger partial charge in [0.1, 0.15) is 0 Å². The van der Waals surface area contributed by atoms with Crippen molar-refractivity contribution < 1.29 is 8.95 Å². The lowest BCUT2D eigenvalue weighted by Gasteiger charge is -2.48. The van der Waals surface area contributed by atoms with Crippen LogP contribution in [0.15, 0.2) is 40.2 Å². The van der Waals surface area contributed by atoms with Gasteiger partial charge in [-0.3, -0.25) is 14.1 Å². The number of hydrogen-bond donors (Lipinski definition) is 2. The molecule has 1 saturated carbocycles. The summed E-state index contributed by atoms with van der Waals surface area (Å²) in [6, 6.07) is 9.63. The topological polar surface area (TPSA) is 66.0 Å². The van der Waals surface area contributed by atoms with E-state index < -0.39 is 10.8 Å². The van der Waals surface area contributed by atoms with Crippen LogP contribution in [0, 0.1) is 0 Å². The normalized spacial score (nSPS) is 21.8. The van der Waals surface area contributed by atoms with Crippen LogP contribution in [-0.2, 0) is 15.5 Å². The van der Waals surface area contributed by atoms with Crippen LogP contribution >= 0.6 is 0 Å². The highest BCUT2D eigenvalue weighted by Gasteiger charge is 2.38. The van der Waals surface area contributed by atoms with Crippen LogP contribution in [0.25, 0.3) is 0 Å². The van der Waals surface area contributed by atoms with E-state index in [0.717, 1.165) is 43.7 Å². The number of morpholine rings is 1. The van der Waals surface area contributed by atoms with E-state index in [4.69, 9.17) is 4.74 Å². The number of rotatable bonds is 7. The van der Waals surface area contributed by atoms with Crippen LogP contribution in [0.5, 0.6) is 0 Å². The molecule has 28 heavy (non-hydrogen) atoms. The van der Waals surface area contributed by atoms with Gasteiger partial charge in [-0.05, 0) is 25.0 Å². The highest BCUT2D eigenvalue weighted by Crippen LogP contribution is 2.33. The Morgan fingerprint density at radius 3 is 2.54 bits per heavy atom. The number of benzene rings is 1. The van der Waals surface area contributed by atoms with Crippen LogP contribution in [-0.4, -0.2) is 72.8 Å². The van der Waals surface area contributed by atoms with Crippen molar-refractivity contribution in [3.05, 3.63) is 30.3 Å². The molecule has 6 nitrogen and oxygen atoms in total. The second-order valence-corrected chi connectivity index (χ2v) is 9.17. The van der Waals surface area contributed by atoms with Gasteiger partial charge >= 0.3 is 0 Å². The van der Waals surface area contributed by atoms with Crippen molar-refractivity contribution in [3.8, 4) is 0 Å². The largest absolute Gasteiger partial charge is 0.379 e. The molecule has 1 saturated heterocycles. The molecule has 2 N–H and O–H groups in total. The number of ether oxygens (including phenoxy) is 1. The predicted molar refractivity (Wildman–Crippen MR) is 115 cm³/mol. The van der Waals surface area contributed by atoms with Gasteiger partial charge in [0, 0.05) is 49.4 Å². The number of guanidine groups is 1. The monoisotopic (exact) mass is 406 g/mol. The fourth-order valence-corrected chi connectivity index (χ4v) is 5.26. The van der Waals surface area contributed by atoms with E-state index in [1.165, 1.54) is 32.1 Å². The smallest absolute Gasteiger partial charge is 0.191 e. The van der Waals surface area contributed by atoms with Crippen molar-refractivity contribution in [2.45, 2.75) is 42.5 Å². The minimum Gasteiger partial charge on any atom is -0.379 e. The molecular formula is C21H34N4O2S. The van der Waals surface area contributed by atoms with Crippen molar-refractivity contribution in [1.29, 1.82) is 0 Å². The summed E-state index contributed by atoms with van der Waals surface area (Å²) in [4.78, 5) is 7.87. The molecule has 3 rings (SSSR count). The lowest BCUT2D eigenvalue weighted by molar-refractivity contribution is -0.0352. The highest BCUT2D eigenvalue weighted by molar-refractivity contribution is 7.85. The number of hydrogen-bond acceptors (Lipinski definition) is 4. The molecule has 1 unspecified atom stereocenters. The molecule has 0 spiro atoms. The Labute approximate surface area is 171 Å². The van der Waals surface area contributed by atoms with Crippen molar-refractivity contribution in [1.82, 2.24) is 15.5 Å². The molecule has 0 radical (unpaired) electrons. The summed E-state index contributed by atoms with van der Waals surface area (Å²) in [6.45, 7) is 5.23. The molecule has 1 aromatic rings. The summed E-state index contributed by atoms with van der Waals surface area (Å²) >= 11 is 0. The molecule has 1 atom stereocenters. The zero-order chi connectivity index (χ0) is 19.7. The van der Waals surface area contributed by atoms with E-state index in [1.54, 1.807) is 7.05 Å². The fraction of sp³-hybridized carbons (Fsp3) is 0.667. The van der Waals surface area contributed by atoms with Gasteiger partial charge in [-0.1, -0.05) is 37.5 Å². The van der Waals surface area contributed by atoms with E-state index in [9.17, 15) is 4.21 Å². The second kappa shape index (κ2) is 10.9. The molecule has 0 bridgehead atoms. The van der Waals surface area contributed by atoms with E-state index in [1.807, 2.05) is 30.3 Å². The SMILES string of the molecule is CN=C(NCCS(=O)c1ccccc1)NCC1(N2CCOCC2)CCCCC1. The van der Waals surface area contributed by atoms with E-state index in [2.05, 4.69) is 20.5 Å². The Kier molecular flexibility index (Phi) is 8.30. The fourth-order valence-electron chi connectivity index (χ4n) is 4.27. The van der Waals surface area contributed by atoms with E-state index in [-0.39, 0.29) is 5.54 Å². The lowest BCUT2D eigenvalue weighted by atomic mass is 9.80. The van der Waals surface area contributed by atoms with Crippen LogP contribution < -0.4 is 10.6 Å². The molecular weight excluding hydrogens is 372 g/mol. The molecule has 7 heteroatoms. The Hall–Kier alpha value is -1.44. The van der Waals surface area contributed by atoms with Gasteiger partial charge < -0.3 is 15.4 Å². The van der Waals surface area contributed by atoms with Crippen LogP contribution in [0.1, 0.15) is 32.1 Å². The molecule has 156 valence electrons. The number of nitrogens with one attached hydrogen (secondary N) is 2. The maximum atomic E-state index is 12.4. The van der Waals surface area contributed by atoms with Crippen molar-refractivity contribution in [2.24, 2.45) is 4.99 Å². The number of nitrogens with zero attached hydrogens (tertiary/aromatic N) is 2. The summed E-state index contributed by atoms with van der Waals surface area (Å²) in [6.07, 6.45) is 6.39. The van der Waals surface area contributed by atoms with Crippen LogP contribution in [0.2, 0.25) is 0 Å². The third-order valence-electron chi connectivity index (χ3n) is 5.86. The predicted octanol–water partition coefficient (Wildman–Crippen LogP) is 1.99. The Morgan fingerprint density at radius 2 is 1.86 bits per heavy atom. The third-order valence-corrected chi connectivity index (χ3v) is 7.23. The van der Waals surface area contributed by atoms with E-state index in [0.29, 0.717) is 12.3 Å². The summed E-state index contributed by atoms with van der Waals surface area (Å²) < 4.78 is 17.9. The standard InChI is InChI=1S/C21H34N4O2S/c1-22-20(23-12-17-28(26)19-8-4-2-5-9-19)24-18-21(10-6-3-7-11-21)25-13-15-27-16-14-25/h2,4-5,8-9H,3,6-7,10-18H2,1H3,(H2,22,23,24). The van der Waals surface area contributed by atoms with Gasteiger partial charge in [-0.25, -0.2) is 0 Å². The maximum Gasteiger partial charge on any atom is 0.191 e. The molecule has 2 fully saturated rings. The minimum absolute atomic E-state index is 0.201. The zero-order valence-corrected chi connectivity index (χ0v) is 17.8. The van der Waals surface area contributed by atoms with Crippen molar-refractivity contribution in [2.75, 3.05) is 52.2 Å². The van der Waals surface area contributed by atoms with Gasteiger partial charge in [-0.2, -0.15) is 0 Å². The maximum absolute atomic E-state index is 12.4. The van der Waals surface area contributed by atoms with Gasteiger partial charge in [0.25, 0.3) is 0 Å². The molecule has 2 aliphatic rings. The Morgan fingerprint density at radius 1 is 1.14 bits per heavy atom. The van der Waals surface area contributed by atoms with Gasteiger partial charge in [0.05, 0.1) is 24.0 Å². The first-order valence-electron chi connectivity index (χ1n) is 10.4. The first kappa shape index (κ1) is 21.3.